The highest BCUT2D eigenvalue weighted by Crippen LogP contribution is 2.32. The Hall–Kier alpha value is -5.87. The molecule has 0 amide bonds. The van der Waals surface area contributed by atoms with Crippen molar-refractivity contribution >= 4 is 33.4 Å². The lowest BCUT2D eigenvalue weighted by Crippen LogP contribution is -2.08. The van der Waals surface area contributed by atoms with E-state index >= 15 is 0 Å². The molecule has 7 aromatic rings. The largest absolute Gasteiger partial charge is 0.383 e. The van der Waals surface area contributed by atoms with Gasteiger partial charge in [-0.1, -0.05) is 88.4 Å². The van der Waals surface area contributed by atoms with Gasteiger partial charge in [0.05, 0.1) is 40.4 Å². The minimum atomic E-state index is 0.538. The molecule has 0 saturated heterocycles. The molecule has 7 nitrogen and oxygen atoms in total. The summed E-state index contributed by atoms with van der Waals surface area (Å²) in [6.45, 7) is 10.6. The molecule has 0 unspecified atom stereocenters. The standard InChI is InChI=1S/C24H22N4.C17H19N3/c1-17(2)15-26-22-12-20(19-6-4-3-5-7-19)13-23-24(22)27-16-28(23)21-10-8-18(14-25)9-11-21;1-12(2)10-18-15-8-14(13-6-4-3-5-7-13)9-16-17(15)20-11-19-16/h3-13,16-17,26H,15H2,1-2H3;3-9,11-12,18H,10H2,1-2H3,(H,19,20). The van der Waals surface area contributed by atoms with E-state index in [4.69, 9.17) is 5.26 Å². The quantitative estimate of drug-likeness (QED) is 0.147. The molecule has 5 aromatic carbocycles. The van der Waals surface area contributed by atoms with Gasteiger partial charge in [-0.15, -0.1) is 0 Å². The van der Waals surface area contributed by atoms with E-state index in [0.29, 0.717) is 17.4 Å². The molecule has 0 aliphatic rings. The van der Waals surface area contributed by atoms with Crippen molar-refractivity contribution in [2.75, 3.05) is 23.7 Å². The van der Waals surface area contributed by atoms with Gasteiger partial charge in [0.1, 0.15) is 17.4 Å². The Morgan fingerprint density at radius 3 is 1.79 bits per heavy atom. The molecule has 7 rings (SSSR count). The smallest absolute Gasteiger partial charge is 0.112 e. The SMILES string of the molecule is CC(C)CNc1cc(-c2ccccc2)cc2[nH]cnc12.CC(C)CNc1cc(-c2ccccc2)cc2c1ncn2-c1ccc(C#N)cc1. The first-order valence-corrected chi connectivity index (χ1v) is 16.5. The summed E-state index contributed by atoms with van der Waals surface area (Å²) in [5.41, 5.74) is 12.6. The molecule has 0 spiro atoms. The van der Waals surface area contributed by atoms with Crippen LogP contribution in [0.5, 0.6) is 0 Å². The highest BCUT2D eigenvalue weighted by Gasteiger charge is 2.13. The lowest BCUT2D eigenvalue weighted by molar-refractivity contribution is 0.689. The van der Waals surface area contributed by atoms with Gasteiger partial charge in [0, 0.05) is 18.8 Å². The monoisotopic (exact) mass is 631 g/mol. The van der Waals surface area contributed by atoms with Gasteiger partial charge in [-0.25, -0.2) is 9.97 Å². The molecule has 0 aliphatic heterocycles. The van der Waals surface area contributed by atoms with Crippen LogP contribution in [0.1, 0.15) is 33.3 Å². The Morgan fingerprint density at radius 1 is 0.667 bits per heavy atom. The minimum Gasteiger partial charge on any atom is -0.383 e. The molecule has 0 bridgehead atoms. The number of anilines is 2. The van der Waals surface area contributed by atoms with E-state index in [1.165, 1.54) is 16.7 Å². The highest BCUT2D eigenvalue weighted by molar-refractivity contribution is 5.94. The van der Waals surface area contributed by atoms with Gasteiger partial charge in [0.15, 0.2) is 0 Å². The molecular weight excluding hydrogens is 591 g/mol. The summed E-state index contributed by atoms with van der Waals surface area (Å²) in [5.74, 6) is 1.14. The van der Waals surface area contributed by atoms with Gasteiger partial charge in [0.25, 0.3) is 0 Å². The van der Waals surface area contributed by atoms with Crippen molar-refractivity contribution in [1.82, 2.24) is 19.5 Å². The van der Waals surface area contributed by atoms with Crippen LogP contribution in [-0.4, -0.2) is 32.6 Å². The van der Waals surface area contributed by atoms with E-state index in [-0.39, 0.29) is 0 Å². The first-order valence-electron chi connectivity index (χ1n) is 16.5. The van der Waals surface area contributed by atoms with Crippen LogP contribution in [0.15, 0.2) is 122 Å². The second-order valence-electron chi connectivity index (χ2n) is 12.8. The molecule has 3 N–H and O–H groups in total. The molecule has 0 aliphatic carbocycles. The predicted molar refractivity (Wildman–Crippen MR) is 199 cm³/mol. The van der Waals surface area contributed by atoms with Crippen molar-refractivity contribution in [2.24, 2.45) is 11.8 Å². The van der Waals surface area contributed by atoms with E-state index < -0.39 is 0 Å². The fourth-order valence-electron chi connectivity index (χ4n) is 5.56. The van der Waals surface area contributed by atoms with Crippen LogP contribution in [0.2, 0.25) is 0 Å². The summed E-state index contributed by atoms with van der Waals surface area (Å²) in [5, 5.41) is 16.1. The first kappa shape index (κ1) is 32.1. The van der Waals surface area contributed by atoms with Crippen molar-refractivity contribution in [1.29, 1.82) is 5.26 Å². The maximum Gasteiger partial charge on any atom is 0.112 e. The fraction of sp³-hybridized carbons (Fsp3) is 0.195. The molecule has 0 atom stereocenters. The number of rotatable bonds is 9. The zero-order valence-corrected chi connectivity index (χ0v) is 27.9. The third-order valence-corrected chi connectivity index (χ3v) is 8.07. The number of nitrogens with one attached hydrogen (secondary N) is 3. The Labute approximate surface area is 282 Å². The van der Waals surface area contributed by atoms with E-state index in [9.17, 15) is 0 Å². The van der Waals surface area contributed by atoms with Gasteiger partial charge in [0.2, 0.25) is 0 Å². The third kappa shape index (κ3) is 7.40. The summed E-state index contributed by atoms with van der Waals surface area (Å²) in [6, 6.07) is 39.2. The molecule has 2 aromatic heterocycles. The zero-order chi connectivity index (χ0) is 33.5. The van der Waals surface area contributed by atoms with Gasteiger partial charge in [-0.05, 0) is 82.6 Å². The van der Waals surface area contributed by atoms with Gasteiger partial charge in [-0.3, -0.25) is 4.57 Å². The number of aromatic nitrogens is 4. The van der Waals surface area contributed by atoms with Crippen LogP contribution in [0.25, 0.3) is 50.0 Å². The topological polar surface area (TPSA) is 94.3 Å². The van der Waals surface area contributed by atoms with Crippen LogP contribution in [0.3, 0.4) is 0 Å². The summed E-state index contributed by atoms with van der Waals surface area (Å²) in [6.07, 6.45) is 3.60. The predicted octanol–water partition coefficient (Wildman–Crippen LogP) is 9.93. The van der Waals surface area contributed by atoms with Crippen LogP contribution in [0, 0.1) is 23.2 Å². The van der Waals surface area contributed by atoms with E-state index in [1.807, 2.05) is 42.7 Å². The molecule has 2 heterocycles. The number of benzene rings is 5. The summed E-state index contributed by atoms with van der Waals surface area (Å²) >= 11 is 0. The average molecular weight is 632 g/mol. The van der Waals surface area contributed by atoms with E-state index in [1.54, 1.807) is 6.33 Å². The molecular formula is C41H41N7. The van der Waals surface area contributed by atoms with Crippen LogP contribution in [-0.2, 0) is 0 Å². The lowest BCUT2D eigenvalue weighted by Gasteiger charge is -2.13. The van der Waals surface area contributed by atoms with Gasteiger partial charge in [-0.2, -0.15) is 5.26 Å². The molecule has 0 saturated carbocycles. The van der Waals surface area contributed by atoms with Crippen LogP contribution < -0.4 is 10.6 Å². The Bertz CT molecular complexity index is 2140. The normalized spacial score (nSPS) is 11.0. The minimum absolute atomic E-state index is 0.538. The summed E-state index contributed by atoms with van der Waals surface area (Å²) in [4.78, 5) is 12.3. The Morgan fingerprint density at radius 2 is 1.23 bits per heavy atom. The van der Waals surface area contributed by atoms with E-state index in [0.717, 1.165) is 57.8 Å². The van der Waals surface area contributed by atoms with Crippen molar-refractivity contribution in [3.8, 4) is 34.0 Å². The number of fused-ring (bicyclic) bond motifs is 2. The van der Waals surface area contributed by atoms with Crippen molar-refractivity contribution in [3.63, 3.8) is 0 Å². The number of nitriles is 1. The van der Waals surface area contributed by atoms with Crippen LogP contribution in [0.4, 0.5) is 11.4 Å². The first-order chi connectivity index (χ1) is 23.4. The fourth-order valence-corrected chi connectivity index (χ4v) is 5.56. The maximum absolute atomic E-state index is 9.06. The van der Waals surface area contributed by atoms with Gasteiger partial charge < -0.3 is 15.6 Å². The Kier molecular flexibility index (Phi) is 9.83. The average Bonchev–Trinajstić information content (AvgIpc) is 3.78. The molecule has 0 fully saturated rings. The summed E-state index contributed by atoms with van der Waals surface area (Å²) < 4.78 is 2.07. The number of nitrogens with zero attached hydrogens (tertiary/aromatic N) is 4. The van der Waals surface area contributed by atoms with Crippen LogP contribution >= 0.6 is 0 Å². The highest BCUT2D eigenvalue weighted by atomic mass is 15.1. The zero-order valence-electron chi connectivity index (χ0n) is 27.9. The number of hydrogen-bond donors (Lipinski definition) is 3. The second-order valence-corrected chi connectivity index (χ2v) is 12.8. The van der Waals surface area contributed by atoms with Crippen molar-refractivity contribution in [2.45, 2.75) is 27.7 Å². The van der Waals surface area contributed by atoms with Gasteiger partial charge >= 0.3 is 0 Å². The number of H-pyrrole nitrogens is 1. The van der Waals surface area contributed by atoms with Crippen molar-refractivity contribution in [3.05, 3.63) is 127 Å². The molecule has 7 heteroatoms. The third-order valence-electron chi connectivity index (χ3n) is 8.07. The van der Waals surface area contributed by atoms with E-state index in [2.05, 4.69) is 137 Å². The Balaban J connectivity index is 0.000000177. The number of hydrogen-bond acceptors (Lipinski definition) is 5. The summed E-state index contributed by atoms with van der Waals surface area (Å²) in [7, 11) is 0. The van der Waals surface area contributed by atoms with Crippen molar-refractivity contribution < 1.29 is 0 Å². The molecule has 0 radical (unpaired) electrons. The maximum atomic E-state index is 9.06. The second kappa shape index (κ2) is 14.7. The lowest BCUT2D eigenvalue weighted by atomic mass is 10.0. The molecule has 240 valence electrons. The number of imidazole rings is 2. The molecule has 48 heavy (non-hydrogen) atoms. The number of aromatic amines is 1.